The van der Waals surface area contributed by atoms with Gasteiger partial charge in [0.1, 0.15) is 5.82 Å². The lowest BCUT2D eigenvalue weighted by molar-refractivity contribution is 0.0587. The Kier molecular flexibility index (Phi) is 5.54. The van der Waals surface area contributed by atoms with E-state index in [9.17, 15) is 9.18 Å². The van der Waals surface area contributed by atoms with Crippen LogP contribution in [0.2, 0.25) is 5.02 Å². The maximum absolute atomic E-state index is 13.5. The second kappa shape index (κ2) is 7.63. The van der Waals surface area contributed by atoms with E-state index >= 15 is 0 Å². The molecule has 2 saturated heterocycles. The van der Waals surface area contributed by atoms with Crippen molar-refractivity contribution in [3.05, 3.63) is 34.6 Å². The van der Waals surface area contributed by atoms with Gasteiger partial charge in [-0.2, -0.15) is 0 Å². The van der Waals surface area contributed by atoms with Gasteiger partial charge in [0.15, 0.2) is 0 Å². The Morgan fingerprint density at radius 3 is 2.61 bits per heavy atom. The molecule has 0 aliphatic carbocycles. The highest BCUT2D eigenvalue weighted by molar-refractivity contribution is 6.31. The SMILES string of the molecule is O=C(c1cc(F)cc(Cl)c1)N1CCCC[C@H]1CCN1CCCC1. The molecule has 5 heteroatoms. The second-order valence-electron chi connectivity index (χ2n) is 6.64. The van der Waals surface area contributed by atoms with Crippen LogP contribution < -0.4 is 0 Å². The highest BCUT2D eigenvalue weighted by Gasteiger charge is 2.28. The number of carbonyl (C=O) groups is 1. The summed E-state index contributed by atoms with van der Waals surface area (Å²) in [6, 6.07) is 4.36. The molecule has 0 unspecified atom stereocenters. The molecular formula is C18H24ClFN2O. The monoisotopic (exact) mass is 338 g/mol. The zero-order valence-corrected chi connectivity index (χ0v) is 14.2. The van der Waals surface area contributed by atoms with Gasteiger partial charge in [0.2, 0.25) is 0 Å². The van der Waals surface area contributed by atoms with Crippen LogP contribution in [0.3, 0.4) is 0 Å². The van der Waals surface area contributed by atoms with E-state index in [1.807, 2.05) is 4.90 Å². The minimum absolute atomic E-state index is 0.0856. The molecule has 0 aromatic heterocycles. The molecular weight excluding hydrogens is 315 g/mol. The van der Waals surface area contributed by atoms with Crippen molar-refractivity contribution < 1.29 is 9.18 Å². The largest absolute Gasteiger partial charge is 0.336 e. The molecule has 2 heterocycles. The summed E-state index contributed by atoms with van der Waals surface area (Å²) in [5.41, 5.74) is 0.364. The molecule has 2 fully saturated rings. The molecule has 0 saturated carbocycles. The zero-order valence-electron chi connectivity index (χ0n) is 13.4. The van der Waals surface area contributed by atoms with Gasteiger partial charge in [-0.3, -0.25) is 4.79 Å². The fourth-order valence-electron chi connectivity index (χ4n) is 3.75. The van der Waals surface area contributed by atoms with Crippen LogP contribution in [0.1, 0.15) is 48.9 Å². The Hall–Kier alpha value is -1.13. The summed E-state index contributed by atoms with van der Waals surface area (Å²) in [7, 11) is 0. The topological polar surface area (TPSA) is 23.6 Å². The first-order valence-electron chi connectivity index (χ1n) is 8.63. The van der Waals surface area contributed by atoms with Crippen LogP contribution in [0.15, 0.2) is 18.2 Å². The quantitative estimate of drug-likeness (QED) is 0.829. The first-order chi connectivity index (χ1) is 11.1. The van der Waals surface area contributed by atoms with Crippen molar-refractivity contribution >= 4 is 17.5 Å². The maximum Gasteiger partial charge on any atom is 0.254 e. The summed E-state index contributed by atoms with van der Waals surface area (Å²) in [6.45, 7) is 4.18. The van der Waals surface area contributed by atoms with Gasteiger partial charge in [-0.1, -0.05) is 11.6 Å². The number of benzene rings is 1. The lowest BCUT2D eigenvalue weighted by Gasteiger charge is -2.36. The highest BCUT2D eigenvalue weighted by atomic mass is 35.5. The van der Waals surface area contributed by atoms with Crippen molar-refractivity contribution in [3.8, 4) is 0 Å². The van der Waals surface area contributed by atoms with Gasteiger partial charge in [0.05, 0.1) is 0 Å². The second-order valence-corrected chi connectivity index (χ2v) is 7.08. The molecule has 1 aromatic rings. The Balaban J connectivity index is 1.68. The van der Waals surface area contributed by atoms with Crippen molar-refractivity contribution in [3.63, 3.8) is 0 Å². The van der Waals surface area contributed by atoms with E-state index in [1.54, 1.807) is 6.07 Å². The number of piperidine rings is 1. The number of amides is 1. The fraction of sp³-hybridized carbons (Fsp3) is 0.611. The van der Waals surface area contributed by atoms with Gasteiger partial charge in [-0.05, 0) is 69.8 Å². The van der Waals surface area contributed by atoms with Gasteiger partial charge in [-0.15, -0.1) is 0 Å². The van der Waals surface area contributed by atoms with Crippen LogP contribution in [0, 0.1) is 5.82 Å². The number of carbonyl (C=O) groups excluding carboxylic acids is 1. The lowest BCUT2D eigenvalue weighted by atomic mass is 9.98. The first-order valence-corrected chi connectivity index (χ1v) is 9.01. The van der Waals surface area contributed by atoms with Crippen LogP contribution in [0.4, 0.5) is 4.39 Å². The Morgan fingerprint density at radius 1 is 1.13 bits per heavy atom. The average Bonchev–Trinajstić information content (AvgIpc) is 3.05. The van der Waals surface area contributed by atoms with Crippen molar-refractivity contribution in [2.75, 3.05) is 26.2 Å². The number of rotatable bonds is 4. The molecule has 126 valence electrons. The first kappa shape index (κ1) is 16.7. The van der Waals surface area contributed by atoms with E-state index in [0.717, 1.165) is 32.4 Å². The van der Waals surface area contributed by atoms with Crippen LogP contribution in [0.5, 0.6) is 0 Å². The van der Waals surface area contributed by atoms with Crippen molar-refractivity contribution in [1.82, 2.24) is 9.80 Å². The highest BCUT2D eigenvalue weighted by Crippen LogP contribution is 2.24. The predicted octanol–water partition coefficient (Wildman–Crippen LogP) is 3.96. The third-order valence-corrected chi connectivity index (χ3v) is 5.19. The van der Waals surface area contributed by atoms with E-state index in [4.69, 9.17) is 11.6 Å². The third-order valence-electron chi connectivity index (χ3n) is 4.97. The number of hydrogen-bond acceptors (Lipinski definition) is 2. The summed E-state index contributed by atoms with van der Waals surface area (Å²) in [5, 5.41) is 0.277. The zero-order chi connectivity index (χ0) is 16.2. The third kappa shape index (κ3) is 4.24. The lowest BCUT2D eigenvalue weighted by Crippen LogP contribution is -2.45. The van der Waals surface area contributed by atoms with Crippen molar-refractivity contribution in [1.29, 1.82) is 0 Å². The number of halogens is 2. The number of likely N-dealkylation sites (tertiary alicyclic amines) is 2. The maximum atomic E-state index is 13.5. The van der Waals surface area contributed by atoms with Gasteiger partial charge in [-0.25, -0.2) is 4.39 Å². The Bertz CT molecular complexity index is 540. The molecule has 0 bridgehead atoms. The minimum Gasteiger partial charge on any atom is -0.336 e. The molecule has 0 N–H and O–H groups in total. The number of hydrogen-bond donors (Lipinski definition) is 0. The van der Waals surface area contributed by atoms with Gasteiger partial charge in [0, 0.05) is 29.7 Å². The van der Waals surface area contributed by atoms with E-state index in [-0.39, 0.29) is 17.0 Å². The summed E-state index contributed by atoms with van der Waals surface area (Å²) in [4.78, 5) is 17.2. The van der Waals surface area contributed by atoms with Crippen molar-refractivity contribution in [2.24, 2.45) is 0 Å². The van der Waals surface area contributed by atoms with Gasteiger partial charge < -0.3 is 9.80 Å². The van der Waals surface area contributed by atoms with E-state index in [2.05, 4.69) is 4.90 Å². The molecule has 3 rings (SSSR count). The average molecular weight is 339 g/mol. The molecule has 1 amide bonds. The van der Waals surface area contributed by atoms with Crippen molar-refractivity contribution in [2.45, 2.75) is 44.6 Å². The summed E-state index contributed by atoms with van der Waals surface area (Å²) in [6.07, 6.45) is 6.81. The summed E-state index contributed by atoms with van der Waals surface area (Å²) in [5.74, 6) is -0.538. The molecule has 1 atom stereocenters. The summed E-state index contributed by atoms with van der Waals surface area (Å²) < 4.78 is 13.5. The van der Waals surface area contributed by atoms with Gasteiger partial charge >= 0.3 is 0 Å². The predicted molar refractivity (Wildman–Crippen MR) is 90.4 cm³/mol. The number of nitrogens with zero attached hydrogens (tertiary/aromatic N) is 2. The Morgan fingerprint density at radius 2 is 1.87 bits per heavy atom. The van der Waals surface area contributed by atoms with E-state index in [1.165, 1.54) is 44.5 Å². The molecule has 1 aromatic carbocycles. The summed E-state index contributed by atoms with van der Waals surface area (Å²) >= 11 is 5.90. The molecule has 0 radical (unpaired) electrons. The standard InChI is InChI=1S/C18H24ClFN2O/c19-15-11-14(12-16(20)13-15)18(23)22-9-2-1-5-17(22)6-10-21-7-3-4-8-21/h11-13,17H,1-10H2/t17-/m0/s1. The van der Waals surface area contributed by atoms with Crippen LogP contribution in [0.25, 0.3) is 0 Å². The van der Waals surface area contributed by atoms with Crippen LogP contribution >= 0.6 is 11.6 Å². The van der Waals surface area contributed by atoms with E-state index in [0.29, 0.717) is 5.56 Å². The van der Waals surface area contributed by atoms with Crippen LogP contribution in [-0.2, 0) is 0 Å². The van der Waals surface area contributed by atoms with E-state index < -0.39 is 5.82 Å². The molecule has 0 spiro atoms. The van der Waals surface area contributed by atoms with Gasteiger partial charge in [0.25, 0.3) is 5.91 Å². The minimum atomic E-state index is -0.452. The molecule has 2 aliphatic rings. The fourth-order valence-corrected chi connectivity index (χ4v) is 3.97. The van der Waals surface area contributed by atoms with Crippen LogP contribution in [-0.4, -0.2) is 47.9 Å². The molecule has 23 heavy (non-hydrogen) atoms. The smallest absolute Gasteiger partial charge is 0.254 e. The normalized spacial score (nSPS) is 22.5. The Labute approximate surface area is 142 Å². The molecule has 3 nitrogen and oxygen atoms in total. The molecule has 2 aliphatic heterocycles.